The summed E-state index contributed by atoms with van der Waals surface area (Å²) in [5.74, 6) is 0.00444. The molecule has 0 aromatic carbocycles. The number of allylic oxidation sites excluding steroid dienone is 4. The van der Waals surface area contributed by atoms with Gasteiger partial charge in [-0.25, -0.2) is 0 Å². The monoisotopic (exact) mass is 264 g/mol. The van der Waals surface area contributed by atoms with Crippen LogP contribution in [0, 0.1) is 0 Å². The van der Waals surface area contributed by atoms with Gasteiger partial charge in [0.15, 0.2) is 5.78 Å². The van der Waals surface area contributed by atoms with Gasteiger partial charge in [-0.2, -0.15) is 0 Å². The molecule has 0 fully saturated rings. The van der Waals surface area contributed by atoms with Gasteiger partial charge in [0.25, 0.3) is 0 Å². The summed E-state index contributed by atoms with van der Waals surface area (Å²) in [4.78, 5) is 12.7. The summed E-state index contributed by atoms with van der Waals surface area (Å²) in [6.07, 6.45) is 5.19. The number of aliphatic hydroxyl groups is 1. The molecule has 0 aliphatic carbocycles. The molecular weight excluding hydrogens is 244 g/mol. The van der Waals surface area contributed by atoms with E-state index in [1.165, 1.54) is 6.92 Å². The van der Waals surface area contributed by atoms with E-state index >= 15 is 0 Å². The van der Waals surface area contributed by atoms with Crippen LogP contribution >= 0.6 is 11.3 Å². The van der Waals surface area contributed by atoms with E-state index in [0.717, 1.165) is 29.7 Å². The minimum absolute atomic E-state index is 0.0915. The smallest absolute Gasteiger partial charge is 0.163 e. The van der Waals surface area contributed by atoms with Gasteiger partial charge in [0.1, 0.15) is 5.76 Å². The molecule has 0 amide bonds. The zero-order valence-electron chi connectivity index (χ0n) is 11.2. The third-order valence-electron chi connectivity index (χ3n) is 2.68. The summed E-state index contributed by atoms with van der Waals surface area (Å²) < 4.78 is 0. The normalized spacial score (nSPS) is 13.4. The van der Waals surface area contributed by atoms with Crippen molar-refractivity contribution in [3.63, 3.8) is 0 Å². The van der Waals surface area contributed by atoms with Crippen LogP contribution in [0.15, 0.2) is 34.9 Å². The molecular formula is C15H20O2S. The van der Waals surface area contributed by atoms with E-state index in [1.54, 1.807) is 18.3 Å². The number of carbonyl (C=O) groups excluding carboxylic acids is 1. The van der Waals surface area contributed by atoms with Gasteiger partial charge < -0.3 is 5.11 Å². The summed E-state index contributed by atoms with van der Waals surface area (Å²) in [5, 5.41) is 11.7. The van der Waals surface area contributed by atoms with Gasteiger partial charge in [0.2, 0.25) is 0 Å². The van der Waals surface area contributed by atoms with Crippen LogP contribution in [-0.2, 0) is 4.79 Å². The Balaban J connectivity index is 3.16. The van der Waals surface area contributed by atoms with Gasteiger partial charge in [-0.1, -0.05) is 31.9 Å². The molecule has 1 heterocycles. The maximum atomic E-state index is 11.7. The second-order valence-corrected chi connectivity index (χ2v) is 5.20. The molecule has 0 aliphatic heterocycles. The van der Waals surface area contributed by atoms with Crippen LogP contribution in [0.1, 0.15) is 44.9 Å². The van der Waals surface area contributed by atoms with Crippen molar-refractivity contribution < 1.29 is 9.90 Å². The fourth-order valence-corrected chi connectivity index (χ4v) is 2.62. The van der Waals surface area contributed by atoms with Crippen molar-refractivity contribution in [3.8, 4) is 0 Å². The van der Waals surface area contributed by atoms with E-state index in [1.807, 2.05) is 17.5 Å². The minimum Gasteiger partial charge on any atom is -0.512 e. The highest BCUT2D eigenvalue weighted by atomic mass is 32.1. The lowest BCUT2D eigenvalue weighted by atomic mass is 9.98. The predicted molar refractivity (Wildman–Crippen MR) is 77.8 cm³/mol. The summed E-state index contributed by atoms with van der Waals surface area (Å²) in [6, 6.07) is 3.94. The number of aliphatic hydroxyl groups excluding tert-OH is 1. The van der Waals surface area contributed by atoms with E-state index in [0.29, 0.717) is 5.57 Å². The first-order valence-corrected chi connectivity index (χ1v) is 7.11. The average Bonchev–Trinajstić information content (AvgIpc) is 2.80. The molecule has 1 aromatic rings. The van der Waals surface area contributed by atoms with Crippen LogP contribution in [-0.4, -0.2) is 10.9 Å². The second-order valence-electron chi connectivity index (χ2n) is 4.25. The van der Waals surface area contributed by atoms with E-state index < -0.39 is 0 Å². The van der Waals surface area contributed by atoms with Gasteiger partial charge in [-0.3, -0.25) is 4.79 Å². The van der Waals surface area contributed by atoms with Crippen molar-refractivity contribution in [2.75, 3.05) is 0 Å². The topological polar surface area (TPSA) is 37.3 Å². The highest BCUT2D eigenvalue weighted by Crippen LogP contribution is 2.30. The lowest BCUT2D eigenvalue weighted by molar-refractivity contribution is -0.113. The van der Waals surface area contributed by atoms with Crippen LogP contribution in [0.4, 0.5) is 0 Å². The number of Topliss-reactive ketones (excluding diaryl/α,β-unsaturated/α-hetero) is 1. The van der Waals surface area contributed by atoms with Crippen molar-refractivity contribution in [1.82, 2.24) is 0 Å². The Morgan fingerprint density at radius 2 is 2.17 bits per heavy atom. The first kappa shape index (κ1) is 14.7. The number of unbranched alkanes of at least 4 members (excludes halogenated alkanes) is 2. The average molecular weight is 264 g/mol. The number of thiophene rings is 1. The standard InChI is InChI=1S/C15H20O2S/c1-4-5-6-8-13(14-9-7-10-18-14)15(11(2)16)12(3)17/h7-10,16H,4-6H2,1-3H3/b13-8+,15-11+. The Bertz CT molecular complexity index is 449. The maximum absolute atomic E-state index is 11.7. The first-order chi connectivity index (χ1) is 8.57. The summed E-state index contributed by atoms with van der Waals surface area (Å²) in [5.41, 5.74) is 1.31. The molecule has 0 unspecified atom stereocenters. The van der Waals surface area contributed by atoms with Gasteiger partial charge >= 0.3 is 0 Å². The molecule has 0 spiro atoms. The molecule has 1 aromatic heterocycles. The number of carbonyl (C=O) groups is 1. The third-order valence-corrected chi connectivity index (χ3v) is 3.58. The number of hydrogen-bond donors (Lipinski definition) is 1. The molecule has 1 rings (SSSR count). The molecule has 0 atom stereocenters. The molecule has 0 radical (unpaired) electrons. The largest absolute Gasteiger partial charge is 0.512 e. The lowest BCUT2D eigenvalue weighted by Crippen LogP contribution is -2.02. The van der Waals surface area contributed by atoms with E-state index in [4.69, 9.17) is 0 Å². The Hall–Kier alpha value is -1.35. The SMILES string of the molecule is CCCC/C=C(/C(C(C)=O)=C(\C)O)c1cccs1. The van der Waals surface area contributed by atoms with E-state index in [2.05, 4.69) is 13.0 Å². The predicted octanol–water partition coefficient (Wildman–Crippen LogP) is 4.74. The third kappa shape index (κ3) is 3.84. The molecule has 0 saturated carbocycles. The molecule has 2 nitrogen and oxygen atoms in total. The number of ketones is 1. The van der Waals surface area contributed by atoms with Crippen LogP contribution in [0.3, 0.4) is 0 Å². The quantitative estimate of drug-likeness (QED) is 0.348. The van der Waals surface area contributed by atoms with Crippen LogP contribution in [0.2, 0.25) is 0 Å². The first-order valence-electron chi connectivity index (χ1n) is 6.23. The maximum Gasteiger partial charge on any atom is 0.163 e. The summed E-state index contributed by atoms with van der Waals surface area (Å²) >= 11 is 1.59. The summed E-state index contributed by atoms with van der Waals surface area (Å²) in [7, 11) is 0. The van der Waals surface area contributed by atoms with Crippen molar-refractivity contribution in [2.45, 2.75) is 40.0 Å². The highest BCUT2D eigenvalue weighted by molar-refractivity contribution is 7.11. The molecule has 1 N–H and O–H groups in total. The molecule has 0 aliphatic rings. The van der Waals surface area contributed by atoms with Crippen LogP contribution in [0.25, 0.3) is 5.57 Å². The highest BCUT2D eigenvalue weighted by Gasteiger charge is 2.16. The zero-order chi connectivity index (χ0) is 13.5. The van der Waals surface area contributed by atoms with E-state index in [-0.39, 0.29) is 11.5 Å². The number of rotatable bonds is 6. The Morgan fingerprint density at radius 1 is 1.44 bits per heavy atom. The Morgan fingerprint density at radius 3 is 2.61 bits per heavy atom. The zero-order valence-corrected chi connectivity index (χ0v) is 12.0. The van der Waals surface area contributed by atoms with Gasteiger partial charge in [0.05, 0.1) is 5.57 Å². The fourth-order valence-electron chi connectivity index (χ4n) is 1.85. The fraction of sp³-hybridized carbons (Fsp3) is 0.400. The molecule has 98 valence electrons. The van der Waals surface area contributed by atoms with Crippen LogP contribution in [0.5, 0.6) is 0 Å². The Labute approximate surface area is 113 Å². The number of hydrogen-bond acceptors (Lipinski definition) is 3. The molecule has 0 saturated heterocycles. The van der Waals surface area contributed by atoms with Crippen molar-refractivity contribution >= 4 is 22.7 Å². The van der Waals surface area contributed by atoms with Gasteiger partial charge in [0, 0.05) is 10.5 Å². The molecule has 18 heavy (non-hydrogen) atoms. The van der Waals surface area contributed by atoms with Gasteiger partial charge in [-0.05, 0) is 31.7 Å². The minimum atomic E-state index is -0.0915. The molecule has 0 bridgehead atoms. The van der Waals surface area contributed by atoms with Crippen molar-refractivity contribution in [3.05, 3.63) is 39.8 Å². The van der Waals surface area contributed by atoms with Crippen LogP contribution < -0.4 is 0 Å². The van der Waals surface area contributed by atoms with Crippen molar-refractivity contribution in [2.24, 2.45) is 0 Å². The van der Waals surface area contributed by atoms with E-state index in [9.17, 15) is 9.90 Å². The second kappa shape index (κ2) is 7.17. The lowest BCUT2D eigenvalue weighted by Gasteiger charge is -2.09. The summed E-state index contributed by atoms with van der Waals surface area (Å²) in [6.45, 7) is 5.20. The Kier molecular flexibility index (Phi) is 5.86. The van der Waals surface area contributed by atoms with Gasteiger partial charge in [-0.15, -0.1) is 11.3 Å². The molecule has 3 heteroatoms. The van der Waals surface area contributed by atoms with Crippen molar-refractivity contribution in [1.29, 1.82) is 0 Å².